The minimum atomic E-state index is -4.33. The summed E-state index contributed by atoms with van der Waals surface area (Å²) in [5, 5.41) is 0. The lowest BCUT2D eigenvalue weighted by Crippen LogP contribution is -2.30. The summed E-state index contributed by atoms with van der Waals surface area (Å²) in [5.74, 6) is 0.162. The van der Waals surface area contributed by atoms with Crippen LogP contribution >= 0.6 is 11.6 Å². The van der Waals surface area contributed by atoms with Crippen LogP contribution in [0, 0.1) is 0 Å². The predicted molar refractivity (Wildman–Crippen MR) is 52.4 cm³/mol. The Morgan fingerprint density at radius 3 is 2.27 bits per heavy atom. The van der Waals surface area contributed by atoms with Gasteiger partial charge in [0.15, 0.2) is 0 Å². The van der Waals surface area contributed by atoms with Gasteiger partial charge in [-0.2, -0.15) is 13.2 Å². The van der Waals surface area contributed by atoms with Crippen molar-refractivity contribution < 1.29 is 21.6 Å². The van der Waals surface area contributed by atoms with E-state index < -0.39 is 29.2 Å². The van der Waals surface area contributed by atoms with Crippen LogP contribution in [0.5, 0.6) is 0 Å². The Balaban J connectivity index is 3.75. The fourth-order valence-corrected chi connectivity index (χ4v) is 2.14. The maximum Gasteiger partial charge on any atom is 0.390 e. The molecule has 1 N–H and O–H groups in total. The molecule has 0 saturated carbocycles. The monoisotopic (exact) mass is 267 g/mol. The lowest BCUT2D eigenvalue weighted by Gasteiger charge is -2.08. The second kappa shape index (κ2) is 6.55. The predicted octanol–water partition coefficient (Wildman–Crippen LogP) is 1.88. The number of halogens is 4. The average Bonchev–Trinajstić information content (AvgIpc) is 2.01. The summed E-state index contributed by atoms with van der Waals surface area (Å²) < 4.78 is 59.1. The van der Waals surface area contributed by atoms with E-state index in [9.17, 15) is 21.6 Å². The molecule has 0 aromatic rings. The molecule has 0 atom stereocenters. The molecule has 92 valence electrons. The van der Waals surface area contributed by atoms with E-state index in [4.69, 9.17) is 11.6 Å². The molecule has 0 heterocycles. The molecule has 0 saturated heterocycles. The Bertz CT molecular complexity index is 266. The van der Waals surface area contributed by atoms with E-state index in [0.29, 0.717) is 18.7 Å². The van der Waals surface area contributed by atoms with Crippen molar-refractivity contribution in [3.63, 3.8) is 0 Å². The number of unbranched alkanes of at least 4 members (excludes halogenated alkanes) is 1. The van der Waals surface area contributed by atoms with Gasteiger partial charge in [0, 0.05) is 12.4 Å². The maximum atomic E-state index is 11.7. The molecule has 0 bridgehead atoms. The van der Waals surface area contributed by atoms with Gasteiger partial charge in [0.1, 0.15) is 0 Å². The van der Waals surface area contributed by atoms with E-state index in [1.54, 1.807) is 0 Å². The van der Waals surface area contributed by atoms with Crippen LogP contribution < -0.4 is 4.72 Å². The van der Waals surface area contributed by atoms with Crippen LogP contribution in [0.25, 0.3) is 0 Å². The van der Waals surface area contributed by atoms with E-state index in [-0.39, 0.29) is 5.75 Å². The molecule has 0 aliphatic heterocycles. The lowest BCUT2D eigenvalue weighted by molar-refractivity contribution is -0.132. The summed E-state index contributed by atoms with van der Waals surface area (Å²) in [6.45, 7) is -0.604. The first-order chi connectivity index (χ1) is 6.77. The van der Waals surface area contributed by atoms with E-state index in [1.165, 1.54) is 0 Å². The first-order valence-corrected chi connectivity index (χ1v) is 6.55. The third kappa shape index (κ3) is 10.3. The Labute approximate surface area is 92.0 Å². The van der Waals surface area contributed by atoms with Gasteiger partial charge in [-0.3, -0.25) is 0 Å². The lowest BCUT2D eigenvalue weighted by atomic mass is 10.4. The molecule has 0 aliphatic carbocycles. The van der Waals surface area contributed by atoms with E-state index in [0.717, 1.165) is 0 Å². The molecule has 0 amide bonds. The third-order valence-corrected chi connectivity index (χ3v) is 3.26. The van der Waals surface area contributed by atoms with Gasteiger partial charge in [0.2, 0.25) is 10.0 Å². The number of nitrogens with one attached hydrogen (secondary N) is 1. The van der Waals surface area contributed by atoms with Crippen LogP contribution in [-0.4, -0.2) is 32.8 Å². The molecule has 0 radical (unpaired) electrons. The van der Waals surface area contributed by atoms with Gasteiger partial charge in [-0.25, -0.2) is 13.1 Å². The normalized spacial score (nSPS) is 13.1. The van der Waals surface area contributed by atoms with Crippen molar-refractivity contribution in [2.75, 3.05) is 18.2 Å². The number of sulfonamides is 1. The Morgan fingerprint density at radius 2 is 1.80 bits per heavy atom. The molecular formula is C7H13ClF3NO2S. The van der Waals surface area contributed by atoms with Crippen molar-refractivity contribution in [3.05, 3.63) is 0 Å². The Kier molecular flexibility index (Phi) is 6.54. The number of rotatable bonds is 7. The molecule has 0 fully saturated rings. The first-order valence-electron chi connectivity index (χ1n) is 4.37. The molecule has 0 aromatic carbocycles. The second-order valence-electron chi connectivity index (χ2n) is 2.97. The Morgan fingerprint density at radius 1 is 1.20 bits per heavy atom. The minimum absolute atomic E-state index is 0.183. The zero-order valence-corrected chi connectivity index (χ0v) is 9.55. The van der Waals surface area contributed by atoms with Crippen LogP contribution in [0.2, 0.25) is 0 Å². The van der Waals surface area contributed by atoms with Crippen LogP contribution in [-0.2, 0) is 10.0 Å². The molecular weight excluding hydrogens is 255 g/mol. The fraction of sp³-hybridized carbons (Fsp3) is 1.00. The summed E-state index contributed by atoms with van der Waals surface area (Å²) in [7, 11) is -3.58. The van der Waals surface area contributed by atoms with Gasteiger partial charge in [-0.1, -0.05) is 0 Å². The minimum Gasteiger partial charge on any atom is -0.215 e. The van der Waals surface area contributed by atoms with Crippen LogP contribution in [0.4, 0.5) is 13.2 Å². The topological polar surface area (TPSA) is 46.2 Å². The van der Waals surface area contributed by atoms with E-state index in [1.807, 2.05) is 4.72 Å². The second-order valence-corrected chi connectivity index (χ2v) is 5.28. The fourth-order valence-electron chi connectivity index (χ4n) is 0.807. The van der Waals surface area contributed by atoms with Crippen molar-refractivity contribution in [1.29, 1.82) is 0 Å². The SMILES string of the molecule is O=S(=O)(CCCCCl)NCCC(F)(F)F. The Hall–Kier alpha value is -0.0100. The summed E-state index contributed by atoms with van der Waals surface area (Å²) in [5.41, 5.74) is 0. The number of hydrogen-bond acceptors (Lipinski definition) is 2. The van der Waals surface area contributed by atoms with Gasteiger partial charge < -0.3 is 0 Å². The van der Waals surface area contributed by atoms with Crippen LogP contribution in [0.3, 0.4) is 0 Å². The van der Waals surface area contributed by atoms with Crippen molar-refractivity contribution in [2.45, 2.75) is 25.4 Å². The summed E-state index contributed by atoms with van der Waals surface area (Å²) in [4.78, 5) is 0. The van der Waals surface area contributed by atoms with Gasteiger partial charge in [0.25, 0.3) is 0 Å². The molecule has 0 spiro atoms. The van der Waals surface area contributed by atoms with Crippen molar-refractivity contribution in [2.24, 2.45) is 0 Å². The number of alkyl halides is 4. The summed E-state index contributed by atoms with van der Waals surface area (Å²) in [6.07, 6.45) is -4.60. The highest BCUT2D eigenvalue weighted by Crippen LogP contribution is 2.18. The highest BCUT2D eigenvalue weighted by Gasteiger charge is 2.27. The summed E-state index contributed by atoms with van der Waals surface area (Å²) >= 11 is 5.33. The van der Waals surface area contributed by atoms with Crippen molar-refractivity contribution in [1.82, 2.24) is 4.72 Å². The van der Waals surface area contributed by atoms with E-state index in [2.05, 4.69) is 0 Å². The highest BCUT2D eigenvalue weighted by molar-refractivity contribution is 7.89. The average molecular weight is 268 g/mol. The van der Waals surface area contributed by atoms with Crippen molar-refractivity contribution in [3.8, 4) is 0 Å². The molecule has 15 heavy (non-hydrogen) atoms. The highest BCUT2D eigenvalue weighted by atomic mass is 35.5. The van der Waals surface area contributed by atoms with Crippen molar-refractivity contribution >= 4 is 21.6 Å². The molecule has 3 nitrogen and oxygen atoms in total. The van der Waals surface area contributed by atoms with Gasteiger partial charge in [-0.05, 0) is 12.8 Å². The smallest absolute Gasteiger partial charge is 0.215 e. The largest absolute Gasteiger partial charge is 0.390 e. The molecule has 0 unspecified atom stereocenters. The zero-order valence-electron chi connectivity index (χ0n) is 7.98. The first kappa shape index (κ1) is 15.0. The van der Waals surface area contributed by atoms with Crippen LogP contribution in [0.15, 0.2) is 0 Å². The quantitative estimate of drug-likeness (QED) is 0.565. The van der Waals surface area contributed by atoms with Gasteiger partial charge in [-0.15, -0.1) is 11.6 Å². The molecule has 8 heteroatoms. The van der Waals surface area contributed by atoms with Gasteiger partial charge >= 0.3 is 6.18 Å². The molecule has 0 rings (SSSR count). The zero-order chi connectivity index (χ0) is 11.9. The number of hydrogen-bond donors (Lipinski definition) is 1. The standard InChI is InChI=1S/C7H13ClF3NO2S/c8-4-1-2-6-15(13,14)12-5-3-7(9,10)11/h12H,1-6H2. The molecule has 0 aromatic heterocycles. The van der Waals surface area contributed by atoms with E-state index >= 15 is 0 Å². The van der Waals surface area contributed by atoms with Crippen LogP contribution in [0.1, 0.15) is 19.3 Å². The summed E-state index contributed by atoms with van der Waals surface area (Å²) in [6, 6.07) is 0. The maximum absolute atomic E-state index is 11.7. The third-order valence-electron chi connectivity index (χ3n) is 1.53. The van der Waals surface area contributed by atoms with Gasteiger partial charge in [0.05, 0.1) is 12.2 Å². The molecule has 0 aliphatic rings.